The van der Waals surface area contributed by atoms with Crippen molar-refractivity contribution in [3.05, 3.63) is 85.4 Å². The average Bonchev–Trinajstić information content (AvgIpc) is 3.60. The maximum Gasteiger partial charge on any atom is 0.269 e. The predicted octanol–water partition coefficient (Wildman–Crippen LogP) is 5.41. The third-order valence-corrected chi connectivity index (χ3v) is 8.75. The van der Waals surface area contributed by atoms with Gasteiger partial charge in [0.1, 0.15) is 10.0 Å². The molecule has 0 aliphatic heterocycles. The van der Waals surface area contributed by atoms with E-state index in [4.69, 9.17) is 0 Å². The summed E-state index contributed by atoms with van der Waals surface area (Å²) in [5, 5.41) is 36.2. The van der Waals surface area contributed by atoms with Crippen LogP contribution in [-0.4, -0.2) is 37.1 Å². The molecule has 11 nitrogen and oxygen atoms in total. The van der Waals surface area contributed by atoms with Gasteiger partial charge in [-0.15, -0.1) is 20.4 Å². The second-order valence-electron chi connectivity index (χ2n) is 9.81. The molecule has 4 aromatic rings. The minimum atomic E-state index is -0.474. The predicted molar refractivity (Wildman–Crippen MR) is 153 cm³/mol. The zero-order chi connectivity index (χ0) is 28.1. The average molecular weight is 578 g/mol. The second-order valence-corrected chi connectivity index (χ2v) is 11.8. The van der Waals surface area contributed by atoms with Crippen molar-refractivity contribution < 1.29 is 14.5 Å². The molecular weight excluding hydrogens is 550 g/mol. The molecule has 2 N–H and O–H groups in total. The van der Waals surface area contributed by atoms with Crippen LogP contribution in [0.3, 0.4) is 0 Å². The number of carbonyl (C=O) groups excluding carboxylic acids is 2. The summed E-state index contributed by atoms with van der Waals surface area (Å²) in [7, 11) is 0. The van der Waals surface area contributed by atoms with Gasteiger partial charge in [0.05, 0.1) is 17.8 Å². The molecule has 206 valence electrons. The van der Waals surface area contributed by atoms with Gasteiger partial charge < -0.3 is 10.6 Å². The number of hydrogen-bond donors (Lipinski definition) is 2. The first-order chi connectivity index (χ1) is 19.3. The summed E-state index contributed by atoms with van der Waals surface area (Å²) >= 11 is 2.78. The van der Waals surface area contributed by atoms with Gasteiger partial charge in [-0.2, -0.15) is 0 Å². The van der Waals surface area contributed by atoms with E-state index in [0.29, 0.717) is 15.8 Å². The van der Waals surface area contributed by atoms with Crippen molar-refractivity contribution in [1.29, 1.82) is 0 Å². The van der Waals surface area contributed by atoms with Gasteiger partial charge in [-0.3, -0.25) is 19.7 Å². The van der Waals surface area contributed by atoms with Crippen molar-refractivity contribution in [3.8, 4) is 0 Å². The molecule has 40 heavy (non-hydrogen) atoms. The maximum absolute atomic E-state index is 12.5. The lowest BCUT2D eigenvalue weighted by Gasteiger charge is -2.25. The van der Waals surface area contributed by atoms with Crippen LogP contribution in [0, 0.1) is 17.0 Å². The molecule has 2 amide bonds. The first-order valence-electron chi connectivity index (χ1n) is 12.9. The van der Waals surface area contributed by atoms with E-state index in [0.717, 1.165) is 46.8 Å². The lowest BCUT2D eigenvalue weighted by molar-refractivity contribution is -0.384. The van der Waals surface area contributed by atoms with E-state index in [2.05, 4.69) is 31.0 Å². The van der Waals surface area contributed by atoms with Gasteiger partial charge >= 0.3 is 0 Å². The molecule has 0 radical (unpaired) electrons. The molecule has 1 aliphatic carbocycles. The zero-order valence-corrected chi connectivity index (χ0v) is 23.3. The molecule has 0 saturated heterocycles. The standard InChI is InChI=1S/C27H27N7O4S2/c1-16-5-7-17(8-6-16)13-22(35)28-26-32-30-24(39-26)19-3-2-4-20(15-19)25-31-33-27(40-25)29-23(36)14-18-9-11-21(12-10-18)34(37)38/h5-12,19-20H,2-4,13-15H2,1H3,(H,28,32,35)(H,29,33,36)/t19-,20-/m0/s1. The van der Waals surface area contributed by atoms with Gasteiger partial charge in [-0.05, 0) is 37.3 Å². The number of aromatic nitrogens is 4. The fourth-order valence-corrected chi connectivity index (χ4v) is 6.49. The van der Waals surface area contributed by atoms with E-state index < -0.39 is 4.92 Å². The van der Waals surface area contributed by atoms with E-state index in [9.17, 15) is 19.7 Å². The number of anilines is 2. The summed E-state index contributed by atoms with van der Waals surface area (Å²) < 4.78 is 0. The van der Waals surface area contributed by atoms with Crippen LogP contribution in [0.15, 0.2) is 48.5 Å². The molecule has 2 atom stereocenters. The van der Waals surface area contributed by atoms with Crippen molar-refractivity contribution in [2.75, 3.05) is 10.6 Å². The topological polar surface area (TPSA) is 153 Å². The molecule has 5 rings (SSSR count). The summed E-state index contributed by atoms with van der Waals surface area (Å²) in [6.45, 7) is 2.01. The number of rotatable bonds is 9. The number of benzene rings is 2. The molecule has 2 heterocycles. The minimum Gasteiger partial charge on any atom is -0.300 e. The van der Waals surface area contributed by atoms with E-state index >= 15 is 0 Å². The molecule has 0 unspecified atom stereocenters. The van der Waals surface area contributed by atoms with Crippen molar-refractivity contribution >= 4 is 50.4 Å². The Balaban J connectivity index is 1.14. The Morgan fingerprint density at radius 2 is 1.30 bits per heavy atom. The summed E-state index contributed by atoms with van der Waals surface area (Å²) in [5.74, 6) is 0.0251. The monoisotopic (exact) mass is 577 g/mol. The number of hydrogen-bond acceptors (Lipinski definition) is 10. The summed E-state index contributed by atoms with van der Waals surface area (Å²) in [6.07, 6.45) is 4.17. The van der Waals surface area contributed by atoms with Crippen LogP contribution in [0.2, 0.25) is 0 Å². The van der Waals surface area contributed by atoms with E-state index in [-0.39, 0.29) is 42.2 Å². The van der Waals surface area contributed by atoms with E-state index in [1.165, 1.54) is 34.8 Å². The van der Waals surface area contributed by atoms with Crippen molar-refractivity contribution in [2.24, 2.45) is 0 Å². The van der Waals surface area contributed by atoms with Gasteiger partial charge in [-0.25, -0.2) is 0 Å². The largest absolute Gasteiger partial charge is 0.300 e. The highest BCUT2D eigenvalue weighted by Gasteiger charge is 2.29. The van der Waals surface area contributed by atoms with Crippen molar-refractivity contribution in [3.63, 3.8) is 0 Å². The first-order valence-corrected chi connectivity index (χ1v) is 14.5. The van der Waals surface area contributed by atoms with E-state index in [1.54, 1.807) is 12.1 Å². The summed E-state index contributed by atoms with van der Waals surface area (Å²) in [5.41, 5.74) is 2.75. The number of nitrogens with zero attached hydrogens (tertiary/aromatic N) is 5. The number of nitro groups is 1. The second kappa shape index (κ2) is 12.4. The quantitative estimate of drug-likeness (QED) is 0.198. The highest BCUT2D eigenvalue weighted by Crippen LogP contribution is 2.43. The third-order valence-electron chi connectivity index (χ3n) is 6.74. The fraction of sp³-hybridized carbons (Fsp3) is 0.333. The summed E-state index contributed by atoms with van der Waals surface area (Å²) in [4.78, 5) is 35.3. The van der Waals surface area contributed by atoms with Crippen molar-refractivity contribution in [1.82, 2.24) is 20.4 Å². The Morgan fingerprint density at radius 3 is 1.77 bits per heavy atom. The van der Waals surface area contributed by atoms with Crippen LogP contribution in [0.1, 0.15) is 64.2 Å². The lowest BCUT2D eigenvalue weighted by atomic mass is 9.82. The number of aryl methyl sites for hydroxylation is 1. The third kappa shape index (κ3) is 7.10. The zero-order valence-electron chi connectivity index (χ0n) is 21.7. The number of amides is 2. The van der Waals surface area contributed by atoms with Crippen LogP contribution in [0.4, 0.5) is 16.0 Å². The first kappa shape index (κ1) is 27.5. The van der Waals surface area contributed by atoms with Gasteiger partial charge in [0.2, 0.25) is 22.1 Å². The normalized spacial score (nSPS) is 16.8. The van der Waals surface area contributed by atoms with Crippen LogP contribution in [-0.2, 0) is 22.4 Å². The SMILES string of the molecule is Cc1ccc(CC(=O)Nc2nnc([C@H]3CCC[C@H](c4nnc(NC(=O)Cc5ccc([N+](=O)[O-])cc5)s4)C3)s2)cc1. The molecule has 0 bridgehead atoms. The number of nitrogens with one attached hydrogen (secondary N) is 2. The van der Waals surface area contributed by atoms with Gasteiger partial charge in [0, 0.05) is 24.0 Å². The molecule has 1 saturated carbocycles. The van der Waals surface area contributed by atoms with Crippen LogP contribution in [0.25, 0.3) is 0 Å². The molecule has 1 fully saturated rings. The molecule has 13 heteroatoms. The molecule has 1 aliphatic rings. The van der Waals surface area contributed by atoms with Crippen molar-refractivity contribution in [2.45, 2.75) is 57.3 Å². The van der Waals surface area contributed by atoms with Crippen LogP contribution >= 0.6 is 22.7 Å². The molecule has 0 spiro atoms. The van der Waals surface area contributed by atoms with Gasteiger partial charge in [0.15, 0.2) is 0 Å². The highest BCUT2D eigenvalue weighted by molar-refractivity contribution is 7.15. The minimum absolute atomic E-state index is 0.0173. The van der Waals surface area contributed by atoms with Crippen LogP contribution in [0.5, 0.6) is 0 Å². The molecule has 2 aromatic carbocycles. The number of non-ortho nitro benzene ring substituents is 1. The lowest BCUT2D eigenvalue weighted by Crippen LogP contribution is -2.14. The fourth-order valence-electron chi connectivity index (χ4n) is 4.68. The Bertz CT molecular complexity index is 1500. The highest BCUT2D eigenvalue weighted by atomic mass is 32.1. The Labute approximate surface area is 238 Å². The summed E-state index contributed by atoms with van der Waals surface area (Å²) in [6, 6.07) is 13.8. The van der Waals surface area contributed by atoms with E-state index in [1.807, 2.05) is 31.2 Å². The van der Waals surface area contributed by atoms with Gasteiger partial charge in [0.25, 0.3) is 5.69 Å². The van der Waals surface area contributed by atoms with Crippen LogP contribution < -0.4 is 10.6 Å². The number of nitro benzene ring substituents is 1. The maximum atomic E-state index is 12.5. The Morgan fingerprint density at radius 1 is 0.825 bits per heavy atom. The smallest absolute Gasteiger partial charge is 0.269 e. The molecule has 2 aromatic heterocycles. The van der Waals surface area contributed by atoms with Gasteiger partial charge in [-0.1, -0.05) is 71.1 Å². The Hall–Kier alpha value is -4.10. The molecular formula is C27H27N7O4S2. The number of carbonyl (C=O) groups is 2. The Kier molecular flexibility index (Phi) is 8.51.